The number of urea groups is 1. The van der Waals surface area contributed by atoms with E-state index in [1.165, 1.54) is 4.90 Å². The smallest absolute Gasteiger partial charge is 0.325 e. The number of hydrogen-bond acceptors (Lipinski definition) is 4. The van der Waals surface area contributed by atoms with Gasteiger partial charge in [-0.25, -0.2) is 4.79 Å². The molecule has 7 nitrogen and oxygen atoms in total. The van der Waals surface area contributed by atoms with Crippen molar-refractivity contribution in [2.75, 3.05) is 26.2 Å². The molecular weight excluding hydrogens is 250 g/mol. The average Bonchev–Trinajstić information content (AvgIpc) is 2.50. The Balaban J connectivity index is 2.49. The number of nitrogens with zero attached hydrogens (tertiary/aromatic N) is 2. The molecular formula is C12H21N3O4. The molecule has 0 bridgehead atoms. The summed E-state index contributed by atoms with van der Waals surface area (Å²) >= 11 is 0. The molecule has 1 fully saturated rings. The van der Waals surface area contributed by atoms with Crippen LogP contribution in [0.2, 0.25) is 0 Å². The van der Waals surface area contributed by atoms with Gasteiger partial charge in [0.05, 0.1) is 6.42 Å². The Morgan fingerprint density at radius 1 is 1.37 bits per heavy atom. The van der Waals surface area contributed by atoms with Crippen LogP contribution in [0.1, 0.15) is 27.2 Å². The summed E-state index contributed by atoms with van der Waals surface area (Å²) in [6, 6.07) is -0.385. The van der Waals surface area contributed by atoms with Gasteiger partial charge in [-0.05, 0) is 20.4 Å². The van der Waals surface area contributed by atoms with Crippen molar-refractivity contribution < 1.29 is 19.5 Å². The lowest BCUT2D eigenvalue weighted by Gasteiger charge is -2.22. The molecule has 0 radical (unpaired) electrons. The highest BCUT2D eigenvalue weighted by molar-refractivity contribution is 6.06. The van der Waals surface area contributed by atoms with Crippen molar-refractivity contribution in [3.63, 3.8) is 0 Å². The third-order valence-electron chi connectivity index (χ3n) is 3.17. The first-order chi connectivity index (χ1) is 8.77. The van der Waals surface area contributed by atoms with Crippen molar-refractivity contribution in [2.24, 2.45) is 0 Å². The summed E-state index contributed by atoms with van der Waals surface area (Å²) in [5.74, 6) is -1.10. The number of likely N-dealkylation sites (N-methyl/N-ethyl adjacent to an activating group) is 1. The van der Waals surface area contributed by atoms with Crippen molar-refractivity contribution in [2.45, 2.75) is 32.7 Å². The van der Waals surface area contributed by atoms with Crippen LogP contribution in [0.5, 0.6) is 0 Å². The largest absolute Gasteiger partial charge is 0.481 e. The minimum absolute atomic E-state index is 0.0550. The summed E-state index contributed by atoms with van der Waals surface area (Å²) in [5, 5.41) is 11.2. The zero-order chi connectivity index (χ0) is 14.6. The van der Waals surface area contributed by atoms with Gasteiger partial charge in [0.2, 0.25) is 0 Å². The van der Waals surface area contributed by atoms with Gasteiger partial charge in [-0.3, -0.25) is 14.5 Å². The predicted octanol–water partition coefficient (Wildman–Crippen LogP) is 0.113. The van der Waals surface area contributed by atoms with Gasteiger partial charge in [0, 0.05) is 19.6 Å². The molecule has 0 aromatic rings. The number of carbonyl (C=O) groups is 3. The van der Waals surface area contributed by atoms with Gasteiger partial charge in [0.15, 0.2) is 0 Å². The van der Waals surface area contributed by atoms with Crippen LogP contribution < -0.4 is 5.32 Å². The Hall–Kier alpha value is -1.63. The molecule has 1 saturated heterocycles. The predicted molar refractivity (Wildman–Crippen MR) is 68.7 cm³/mol. The number of carboxylic acid groups (broad SMARTS) is 1. The maximum atomic E-state index is 11.9. The van der Waals surface area contributed by atoms with Crippen LogP contribution in [0, 0.1) is 0 Å². The van der Waals surface area contributed by atoms with E-state index in [-0.39, 0.29) is 24.9 Å². The summed E-state index contributed by atoms with van der Waals surface area (Å²) in [6.07, 6.45) is 0.0550. The van der Waals surface area contributed by atoms with Crippen LogP contribution >= 0.6 is 0 Å². The average molecular weight is 271 g/mol. The Morgan fingerprint density at radius 3 is 2.42 bits per heavy atom. The van der Waals surface area contributed by atoms with Crippen molar-refractivity contribution in [3.8, 4) is 0 Å². The van der Waals surface area contributed by atoms with Crippen molar-refractivity contribution in [3.05, 3.63) is 0 Å². The molecule has 19 heavy (non-hydrogen) atoms. The molecule has 0 atom stereocenters. The summed E-state index contributed by atoms with van der Waals surface area (Å²) in [4.78, 5) is 37.2. The lowest BCUT2D eigenvalue weighted by Crippen LogP contribution is -2.42. The van der Waals surface area contributed by atoms with E-state index in [2.05, 4.69) is 5.32 Å². The Morgan fingerprint density at radius 2 is 2.00 bits per heavy atom. The van der Waals surface area contributed by atoms with Gasteiger partial charge in [-0.1, -0.05) is 6.92 Å². The van der Waals surface area contributed by atoms with Gasteiger partial charge in [0.1, 0.15) is 5.54 Å². The molecule has 0 aromatic heterocycles. The number of hydrogen-bond donors (Lipinski definition) is 2. The number of carbonyl (C=O) groups excluding carboxylic acids is 2. The molecule has 0 aromatic carbocycles. The fourth-order valence-corrected chi connectivity index (χ4v) is 1.94. The van der Waals surface area contributed by atoms with Gasteiger partial charge < -0.3 is 15.3 Å². The molecule has 0 aliphatic carbocycles. The number of nitrogens with one attached hydrogen (secondary N) is 1. The zero-order valence-electron chi connectivity index (χ0n) is 11.6. The minimum atomic E-state index is -0.852. The van der Waals surface area contributed by atoms with Crippen LogP contribution in [-0.2, 0) is 9.59 Å². The van der Waals surface area contributed by atoms with Gasteiger partial charge in [-0.2, -0.15) is 0 Å². The Bertz CT molecular complexity index is 381. The lowest BCUT2D eigenvalue weighted by molar-refractivity contribution is -0.137. The van der Waals surface area contributed by atoms with E-state index in [0.717, 1.165) is 0 Å². The second kappa shape index (κ2) is 6.01. The van der Waals surface area contributed by atoms with Gasteiger partial charge in [0.25, 0.3) is 5.91 Å². The number of imide groups is 1. The van der Waals surface area contributed by atoms with Crippen LogP contribution in [-0.4, -0.2) is 64.5 Å². The van der Waals surface area contributed by atoms with Crippen LogP contribution in [0.25, 0.3) is 0 Å². The first kappa shape index (κ1) is 15.4. The second-order valence-corrected chi connectivity index (χ2v) is 5.09. The first-order valence-electron chi connectivity index (χ1n) is 6.36. The van der Waals surface area contributed by atoms with Crippen molar-refractivity contribution in [1.82, 2.24) is 15.1 Å². The van der Waals surface area contributed by atoms with Crippen molar-refractivity contribution >= 4 is 17.9 Å². The molecule has 0 unspecified atom stereocenters. The molecule has 1 heterocycles. The summed E-state index contributed by atoms with van der Waals surface area (Å²) < 4.78 is 0. The number of aliphatic carboxylic acids is 1. The third kappa shape index (κ3) is 3.92. The van der Waals surface area contributed by atoms with E-state index >= 15 is 0 Å². The van der Waals surface area contributed by atoms with Crippen molar-refractivity contribution in [1.29, 1.82) is 0 Å². The molecule has 7 heteroatoms. The summed E-state index contributed by atoms with van der Waals surface area (Å²) in [5.41, 5.74) is -0.852. The fraction of sp³-hybridized carbons (Fsp3) is 0.750. The number of carboxylic acids is 1. The van der Waals surface area contributed by atoms with Crippen LogP contribution in [0.3, 0.4) is 0 Å². The van der Waals surface area contributed by atoms with E-state index < -0.39 is 11.5 Å². The Labute approximate surface area is 112 Å². The van der Waals surface area contributed by atoms with Gasteiger partial charge >= 0.3 is 12.0 Å². The first-order valence-corrected chi connectivity index (χ1v) is 6.36. The normalized spacial score (nSPS) is 18.0. The van der Waals surface area contributed by atoms with Gasteiger partial charge in [-0.15, -0.1) is 0 Å². The standard InChI is InChI=1S/C12H21N3O4/c1-4-14(6-5-9(16)17)7-8-15-10(18)12(2,3)13-11(15)19/h4-8H2,1-3H3,(H,13,19)(H,16,17). The number of rotatable bonds is 7. The maximum Gasteiger partial charge on any atom is 0.325 e. The monoisotopic (exact) mass is 271 g/mol. The van der Waals surface area contributed by atoms with E-state index in [9.17, 15) is 14.4 Å². The fourth-order valence-electron chi connectivity index (χ4n) is 1.94. The highest BCUT2D eigenvalue weighted by Crippen LogP contribution is 2.16. The SMILES string of the molecule is CCN(CCC(=O)O)CCN1C(=O)NC(C)(C)C1=O. The third-order valence-corrected chi connectivity index (χ3v) is 3.17. The Kier molecular flexibility index (Phi) is 4.88. The van der Waals surface area contributed by atoms with Crippen LogP contribution in [0.4, 0.5) is 4.79 Å². The topological polar surface area (TPSA) is 90.0 Å². The van der Waals surface area contributed by atoms with E-state index in [1.54, 1.807) is 13.8 Å². The molecule has 0 saturated carbocycles. The molecule has 0 spiro atoms. The molecule has 1 aliphatic rings. The zero-order valence-corrected chi connectivity index (χ0v) is 11.6. The molecule has 3 amide bonds. The quantitative estimate of drug-likeness (QED) is 0.642. The lowest BCUT2D eigenvalue weighted by atomic mass is 10.1. The second-order valence-electron chi connectivity index (χ2n) is 5.09. The molecule has 108 valence electrons. The highest BCUT2D eigenvalue weighted by atomic mass is 16.4. The molecule has 1 aliphatic heterocycles. The van der Waals surface area contributed by atoms with E-state index in [0.29, 0.717) is 19.6 Å². The maximum absolute atomic E-state index is 11.9. The molecule has 2 N–H and O–H groups in total. The van der Waals surface area contributed by atoms with E-state index in [4.69, 9.17) is 5.11 Å². The minimum Gasteiger partial charge on any atom is -0.481 e. The summed E-state index contributed by atoms with van der Waals surface area (Å²) in [6.45, 7) is 7.10. The summed E-state index contributed by atoms with van der Waals surface area (Å²) in [7, 11) is 0. The highest BCUT2D eigenvalue weighted by Gasteiger charge is 2.43. The molecule has 1 rings (SSSR count). The van der Waals surface area contributed by atoms with Crippen LogP contribution in [0.15, 0.2) is 0 Å². The number of amides is 3. The van der Waals surface area contributed by atoms with E-state index in [1.807, 2.05) is 11.8 Å².